The summed E-state index contributed by atoms with van der Waals surface area (Å²) >= 11 is 2.82. The van der Waals surface area contributed by atoms with Crippen LogP contribution in [0, 0.1) is 5.92 Å². The van der Waals surface area contributed by atoms with Crippen LogP contribution in [0.25, 0.3) is 0 Å². The molecule has 3 nitrogen and oxygen atoms in total. The van der Waals surface area contributed by atoms with Gasteiger partial charge in [-0.2, -0.15) is 13.2 Å². The highest BCUT2D eigenvalue weighted by atomic mass is 79.9. The SMILES string of the molecule is CC(CO)C(C)NC(=O)c1ccc(Br)c(C(F)(F)F)c1. The molecular formula is C13H15BrF3NO2. The van der Waals surface area contributed by atoms with Crippen molar-refractivity contribution in [3.63, 3.8) is 0 Å². The lowest BCUT2D eigenvalue weighted by Crippen LogP contribution is -2.38. The van der Waals surface area contributed by atoms with Crippen molar-refractivity contribution >= 4 is 21.8 Å². The predicted octanol–water partition coefficient (Wildman–Crippen LogP) is 3.21. The van der Waals surface area contributed by atoms with Crippen molar-refractivity contribution in [2.24, 2.45) is 5.92 Å². The fraction of sp³-hybridized carbons (Fsp3) is 0.462. The second kappa shape index (κ2) is 6.58. The number of carbonyl (C=O) groups is 1. The van der Waals surface area contributed by atoms with E-state index in [1.807, 2.05) is 0 Å². The van der Waals surface area contributed by atoms with Crippen molar-refractivity contribution in [3.8, 4) is 0 Å². The Kier molecular flexibility index (Phi) is 5.59. The molecule has 1 amide bonds. The minimum absolute atomic E-state index is 0.0717. The Morgan fingerprint density at radius 1 is 1.40 bits per heavy atom. The first-order valence-electron chi connectivity index (χ1n) is 5.95. The Morgan fingerprint density at radius 2 is 2.00 bits per heavy atom. The number of alkyl halides is 3. The molecule has 0 spiro atoms. The van der Waals surface area contributed by atoms with Crippen LogP contribution in [0.4, 0.5) is 13.2 Å². The number of rotatable bonds is 4. The van der Waals surface area contributed by atoms with Gasteiger partial charge in [-0.15, -0.1) is 0 Å². The first-order chi connectivity index (χ1) is 9.16. The Bertz CT molecular complexity index is 491. The Morgan fingerprint density at radius 3 is 2.50 bits per heavy atom. The molecule has 0 heterocycles. The highest BCUT2D eigenvalue weighted by Crippen LogP contribution is 2.35. The van der Waals surface area contributed by atoms with Crippen molar-refractivity contribution < 1.29 is 23.1 Å². The summed E-state index contributed by atoms with van der Waals surface area (Å²) in [6, 6.07) is 2.96. The van der Waals surface area contributed by atoms with E-state index < -0.39 is 17.6 Å². The van der Waals surface area contributed by atoms with Crippen LogP contribution >= 0.6 is 15.9 Å². The van der Waals surface area contributed by atoms with Crippen molar-refractivity contribution in [1.82, 2.24) is 5.32 Å². The number of hydrogen-bond donors (Lipinski definition) is 2. The van der Waals surface area contributed by atoms with Crippen LogP contribution in [0.2, 0.25) is 0 Å². The van der Waals surface area contributed by atoms with E-state index in [1.54, 1.807) is 13.8 Å². The molecule has 0 bridgehead atoms. The number of halogens is 4. The van der Waals surface area contributed by atoms with Crippen LogP contribution in [0.1, 0.15) is 29.8 Å². The monoisotopic (exact) mass is 353 g/mol. The van der Waals surface area contributed by atoms with Crippen LogP contribution in [0.15, 0.2) is 22.7 Å². The molecule has 0 saturated heterocycles. The van der Waals surface area contributed by atoms with Gasteiger partial charge in [0, 0.05) is 22.7 Å². The van der Waals surface area contributed by atoms with E-state index in [0.717, 1.165) is 6.07 Å². The minimum Gasteiger partial charge on any atom is -0.396 e. The predicted molar refractivity (Wildman–Crippen MR) is 72.3 cm³/mol. The Hall–Kier alpha value is -1.08. The number of hydrogen-bond acceptors (Lipinski definition) is 2. The van der Waals surface area contributed by atoms with E-state index in [2.05, 4.69) is 21.2 Å². The van der Waals surface area contributed by atoms with E-state index in [4.69, 9.17) is 5.11 Å². The van der Waals surface area contributed by atoms with Crippen molar-refractivity contribution in [2.45, 2.75) is 26.1 Å². The average molecular weight is 354 g/mol. The fourth-order valence-corrected chi connectivity index (χ4v) is 1.95. The lowest BCUT2D eigenvalue weighted by atomic mass is 10.0. The molecule has 0 fully saturated rings. The van der Waals surface area contributed by atoms with E-state index in [9.17, 15) is 18.0 Å². The number of aliphatic hydroxyl groups excluding tert-OH is 1. The first kappa shape index (κ1) is 17.0. The number of aliphatic hydroxyl groups is 1. The van der Waals surface area contributed by atoms with Gasteiger partial charge in [0.05, 0.1) is 5.56 Å². The highest BCUT2D eigenvalue weighted by Gasteiger charge is 2.33. The number of amides is 1. The van der Waals surface area contributed by atoms with Gasteiger partial charge in [0.15, 0.2) is 0 Å². The topological polar surface area (TPSA) is 49.3 Å². The molecule has 1 aromatic rings. The molecule has 0 saturated carbocycles. The zero-order valence-corrected chi connectivity index (χ0v) is 12.5. The van der Waals surface area contributed by atoms with Gasteiger partial charge >= 0.3 is 6.18 Å². The number of carbonyl (C=O) groups excluding carboxylic acids is 1. The Balaban J connectivity index is 2.95. The number of nitrogens with one attached hydrogen (secondary N) is 1. The van der Waals surface area contributed by atoms with Crippen LogP contribution in [-0.2, 0) is 6.18 Å². The molecule has 1 aromatic carbocycles. The van der Waals surface area contributed by atoms with Crippen LogP contribution in [0.5, 0.6) is 0 Å². The molecule has 0 aliphatic carbocycles. The van der Waals surface area contributed by atoms with E-state index in [1.165, 1.54) is 12.1 Å². The lowest BCUT2D eigenvalue weighted by molar-refractivity contribution is -0.138. The van der Waals surface area contributed by atoms with E-state index >= 15 is 0 Å². The summed E-state index contributed by atoms with van der Waals surface area (Å²) in [6.45, 7) is 3.30. The molecule has 112 valence electrons. The summed E-state index contributed by atoms with van der Waals surface area (Å²) in [5, 5.41) is 11.5. The Labute approximate surface area is 123 Å². The summed E-state index contributed by atoms with van der Waals surface area (Å²) in [6.07, 6.45) is -4.53. The molecule has 2 unspecified atom stereocenters. The maximum atomic E-state index is 12.7. The summed E-state index contributed by atoms with van der Waals surface area (Å²) < 4.78 is 38.1. The van der Waals surface area contributed by atoms with Gasteiger partial charge in [0.2, 0.25) is 0 Å². The maximum absolute atomic E-state index is 12.7. The molecule has 0 radical (unpaired) electrons. The summed E-state index contributed by atoms with van der Waals surface area (Å²) in [7, 11) is 0. The third kappa shape index (κ3) is 4.21. The van der Waals surface area contributed by atoms with Gasteiger partial charge in [-0.05, 0) is 31.0 Å². The fourth-order valence-electron chi connectivity index (χ4n) is 1.47. The van der Waals surface area contributed by atoms with Gasteiger partial charge in [0.1, 0.15) is 0 Å². The quantitative estimate of drug-likeness (QED) is 0.873. The third-order valence-electron chi connectivity index (χ3n) is 3.03. The van der Waals surface area contributed by atoms with Gasteiger partial charge in [-0.3, -0.25) is 4.79 Å². The van der Waals surface area contributed by atoms with Crippen molar-refractivity contribution in [3.05, 3.63) is 33.8 Å². The average Bonchev–Trinajstić information content (AvgIpc) is 2.36. The van der Waals surface area contributed by atoms with E-state index in [-0.39, 0.29) is 28.6 Å². The standard InChI is InChI=1S/C13H15BrF3NO2/c1-7(6-19)8(2)18-12(20)9-3-4-11(14)10(5-9)13(15,16)17/h3-5,7-8,19H,6H2,1-2H3,(H,18,20). The largest absolute Gasteiger partial charge is 0.417 e. The molecule has 1 rings (SSSR count). The molecule has 2 N–H and O–H groups in total. The van der Waals surface area contributed by atoms with Gasteiger partial charge in [0.25, 0.3) is 5.91 Å². The smallest absolute Gasteiger partial charge is 0.396 e. The second-order valence-corrected chi connectivity index (χ2v) is 5.47. The normalized spacial score (nSPS) is 14.8. The third-order valence-corrected chi connectivity index (χ3v) is 3.73. The van der Waals surface area contributed by atoms with Crippen LogP contribution in [-0.4, -0.2) is 23.7 Å². The second-order valence-electron chi connectivity index (χ2n) is 4.61. The van der Waals surface area contributed by atoms with Crippen molar-refractivity contribution in [2.75, 3.05) is 6.61 Å². The summed E-state index contributed by atoms with van der Waals surface area (Å²) in [5.41, 5.74) is -0.967. The molecule has 0 aliphatic heterocycles. The lowest BCUT2D eigenvalue weighted by Gasteiger charge is -2.19. The zero-order chi connectivity index (χ0) is 15.5. The van der Waals surface area contributed by atoms with Crippen LogP contribution in [0.3, 0.4) is 0 Å². The van der Waals surface area contributed by atoms with E-state index in [0.29, 0.717) is 0 Å². The van der Waals surface area contributed by atoms with Gasteiger partial charge < -0.3 is 10.4 Å². The molecule has 7 heteroatoms. The zero-order valence-electron chi connectivity index (χ0n) is 11.0. The summed E-state index contributed by atoms with van der Waals surface area (Å²) in [5.74, 6) is -0.785. The van der Waals surface area contributed by atoms with Crippen molar-refractivity contribution in [1.29, 1.82) is 0 Å². The summed E-state index contributed by atoms with van der Waals surface area (Å²) in [4.78, 5) is 11.9. The van der Waals surface area contributed by atoms with Gasteiger partial charge in [-0.1, -0.05) is 22.9 Å². The van der Waals surface area contributed by atoms with Gasteiger partial charge in [-0.25, -0.2) is 0 Å². The van der Waals surface area contributed by atoms with Crippen LogP contribution < -0.4 is 5.32 Å². The molecule has 2 atom stereocenters. The first-order valence-corrected chi connectivity index (χ1v) is 6.74. The highest BCUT2D eigenvalue weighted by molar-refractivity contribution is 9.10. The molecule has 0 aromatic heterocycles. The molecule has 20 heavy (non-hydrogen) atoms. The molecule has 0 aliphatic rings. The number of benzene rings is 1. The maximum Gasteiger partial charge on any atom is 0.417 e. The minimum atomic E-state index is -4.53. The molecular weight excluding hydrogens is 339 g/mol.